The number of benzene rings is 2. The summed E-state index contributed by atoms with van der Waals surface area (Å²) in [6.45, 7) is 7.96. The van der Waals surface area contributed by atoms with E-state index in [2.05, 4.69) is 58.6 Å². The first-order valence-corrected chi connectivity index (χ1v) is 16.0. The Labute approximate surface area is 254 Å². The summed E-state index contributed by atoms with van der Waals surface area (Å²) in [5.74, 6) is 1.30. The van der Waals surface area contributed by atoms with Crippen molar-refractivity contribution in [3.05, 3.63) is 94.3 Å². The van der Waals surface area contributed by atoms with Crippen LogP contribution in [0.3, 0.4) is 0 Å². The van der Waals surface area contributed by atoms with Gasteiger partial charge >= 0.3 is 5.97 Å². The minimum absolute atomic E-state index is 0.196. The molecule has 7 nitrogen and oxygen atoms in total. The van der Waals surface area contributed by atoms with Crippen molar-refractivity contribution in [2.24, 2.45) is 5.92 Å². The predicted molar refractivity (Wildman–Crippen MR) is 170 cm³/mol. The number of carboxylic acid groups (broad SMARTS) is 1. The highest BCUT2D eigenvalue weighted by molar-refractivity contribution is 5.88. The molecule has 2 fully saturated rings. The summed E-state index contributed by atoms with van der Waals surface area (Å²) in [4.78, 5) is 19.4. The van der Waals surface area contributed by atoms with Gasteiger partial charge in [-0.05, 0) is 117 Å². The van der Waals surface area contributed by atoms with Crippen LogP contribution in [0, 0.1) is 12.8 Å². The second-order valence-corrected chi connectivity index (χ2v) is 12.7. The van der Waals surface area contributed by atoms with E-state index >= 15 is 0 Å². The number of pyridine rings is 1. The second-order valence-electron chi connectivity index (χ2n) is 12.7. The van der Waals surface area contributed by atoms with Gasteiger partial charge in [0.05, 0.1) is 23.6 Å². The molecule has 1 unspecified atom stereocenters. The molecule has 1 atom stereocenters. The number of aromatic carboxylic acids is 1. The summed E-state index contributed by atoms with van der Waals surface area (Å²) in [6, 6.07) is 19.7. The van der Waals surface area contributed by atoms with Crippen molar-refractivity contribution < 1.29 is 9.90 Å². The van der Waals surface area contributed by atoms with Gasteiger partial charge in [0, 0.05) is 17.8 Å². The fourth-order valence-corrected chi connectivity index (χ4v) is 7.24. The molecule has 2 aromatic carbocycles. The van der Waals surface area contributed by atoms with Crippen LogP contribution in [0.1, 0.15) is 89.3 Å². The fraction of sp³-hybridized carbons (Fsp3) is 0.417. The Hall–Kier alpha value is -3.97. The van der Waals surface area contributed by atoms with Crippen LogP contribution >= 0.6 is 0 Å². The lowest BCUT2D eigenvalue weighted by Crippen LogP contribution is -2.34. The first kappa shape index (κ1) is 27.8. The third-order valence-corrected chi connectivity index (χ3v) is 9.76. The van der Waals surface area contributed by atoms with E-state index in [-0.39, 0.29) is 11.6 Å². The Morgan fingerprint density at radius 2 is 1.84 bits per heavy atom. The number of aryl methyl sites for hydroxylation is 2. The van der Waals surface area contributed by atoms with Crippen LogP contribution < -0.4 is 5.32 Å². The predicted octanol–water partition coefficient (Wildman–Crippen LogP) is 7.19. The van der Waals surface area contributed by atoms with Gasteiger partial charge in [-0.3, -0.25) is 0 Å². The van der Waals surface area contributed by atoms with Crippen molar-refractivity contribution >= 4 is 11.7 Å². The van der Waals surface area contributed by atoms with Crippen LogP contribution in [0.25, 0.3) is 17.1 Å². The third kappa shape index (κ3) is 5.58. The third-order valence-electron chi connectivity index (χ3n) is 9.76. The average Bonchev–Trinajstić information content (AvgIpc) is 3.57. The van der Waals surface area contributed by atoms with Gasteiger partial charge in [0.25, 0.3) is 0 Å². The standard InChI is InChI=1S/C36H41N5O2/c1-3-33-29(36(42)43)21-37-41(33)34-9-5-8-31(39-34)28-7-4-6-26-12-15-32(35(26)28)38-30-14-13-27(20-23(30)2)25-16-18-40(19-17-25)22-24-10-11-24/h4-9,13-14,20-21,24-25,32,38H,3,10-12,15-19,22H2,1-2H3,(H,42,43). The van der Waals surface area contributed by atoms with E-state index in [0.717, 1.165) is 30.0 Å². The van der Waals surface area contributed by atoms with Crippen LogP contribution in [0.5, 0.6) is 0 Å². The van der Waals surface area contributed by atoms with Gasteiger partial charge in [-0.2, -0.15) is 5.10 Å². The summed E-state index contributed by atoms with van der Waals surface area (Å²) in [6.07, 6.45) is 9.43. The summed E-state index contributed by atoms with van der Waals surface area (Å²) < 4.78 is 1.66. The number of hydrogen-bond donors (Lipinski definition) is 2. The molecule has 7 heteroatoms. The molecule has 4 aromatic rings. The van der Waals surface area contributed by atoms with Gasteiger partial charge in [0.15, 0.2) is 5.82 Å². The van der Waals surface area contributed by atoms with E-state index in [9.17, 15) is 9.90 Å². The van der Waals surface area contributed by atoms with Crippen molar-refractivity contribution in [2.45, 2.75) is 70.8 Å². The van der Waals surface area contributed by atoms with Crippen LogP contribution in [0.2, 0.25) is 0 Å². The van der Waals surface area contributed by atoms with E-state index in [4.69, 9.17) is 4.98 Å². The minimum Gasteiger partial charge on any atom is -0.478 e. The van der Waals surface area contributed by atoms with E-state index in [1.807, 2.05) is 25.1 Å². The molecule has 2 N–H and O–H groups in total. The van der Waals surface area contributed by atoms with Crippen LogP contribution in [-0.4, -0.2) is 50.4 Å². The van der Waals surface area contributed by atoms with Crippen LogP contribution in [0.15, 0.2) is 60.8 Å². The zero-order valence-electron chi connectivity index (χ0n) is 25.2. The minimum atomic E-state index is -0.966. The smallest absolute Gasteiger partial charge is 0.339 e. The lowest BCUT2D eigenvalue weighted by molar-refractivity contribution is 0.0695. The zero-order chi connectivity index (χ0) is 29.5. The molecule has 43 heavy (non-hydrogen) atoms. The van der Waals surface area contributed by atoms with E-state index in [1.165, 1.54) is 79.5 Å². The second kappa shape index (κ2) is 11.6. The molecule has 1 aliphatic heterocycles. The summed E-state index contributed by atoms with van der Waals surface area (Å²) in [5.41, 5.74) is 9.52. The number of anilines is 1. The topological polar surface area (TPSA) is 83.3 Å². The lowest BCUT2D eigenvalue weighted by Gasteiger charge is -2.32. The number of carbonyl (C=O) groups is 1. The van der Waals surface area contributed by atoms with Crippen molar-refractivity contribution in [1.82, 2.24) is 19.7 Å². The number of nitrogens with zero attached hydrogens (tertiary/aromatic N) is 4. The zero-order valence-corrected chi connectivity index (χ0v) is 25.2. The highest BCUT2D eigenvalue weighted by atomic mass is 16.4. The SMILES string of the molecule is CCc1c(C(=O)O)cnn1-c1cccc(-c2cccc3c2C(Nc2ccc(C4CCN(CC5CC5)CC4)cc2C)CC3)n1. The normalized spacial score (nSPS) is 19.0. The molecule has 3 aliphatic rings. The molecule has 3 heterocycles. The molecule has 1 saturated heterocycles. The van der Waals surface area contributed by atoms with E-state index in [0.29, 0.717) is 23.9 Å². The largest absolute Gasteiger partial charge is 0.478 e. The number of carboxylic acids is 1. The number of aromatic nitrogens is 3. The number of nitrogens with one attached hydrogen (secondary N) is 1. The molecule has 2 aromatic heterocycles. The summed E-state index contributed by atoms with van der Waals surface area (Å²) in [5, 5.41) is 17.9. The molecule has 0 amide bonds. The Bertz CT molecular complexity index is 1650. The molecule has 7 rings (SSSR count). The van der Waals surface area contributed by atoms with Crippen LogP contribution in [-0.2, 0) is 12.8 Å². The number of likely N-dealkylation sites (tertiary alicyclic amines) is 1. The maximum atomic E-state index is 11.7. The van der Waals surface area contributed by atoms with Crippen molar-refractivity contribution in [1.29, 1.82) is 0 Å². The van der Waals surface area contributed by atoms with Crippen LogP contribution in [0.4, 0.5) is 5.69 Å². The summed E-state index contributed by atoms with van der Waals surface area (Å²) in [7, 11) is 0. The van der Waals surface area contributed by atoms with Gasteiger partial charge in [0.1, 0.15) is 5.56 Å². The first-order chi connectivity index (χ1) is 21.0. The Balaban J connectivity index is 1.12. The Kier molecular flexibility index (Phi) is 7.51. The molecule has 222 valence electrons. The van der Waals surface area contributed by atoms with Gasteiger partial charge in [-0.15, -0.1) is 0 Å². The lowest BCUT2D eigenvalue weighted by atomic mass is 9.88. The average molecular weight is 576 g/mol. The molecular weight excluding hydrogens is 534 g/mol. The molecular formula is C36H41N5O2. The van der Waals surface area contributed by atoms with E-state index < -0.39 is 5.97 Å². The van der Waals surface area contributed by atoms with Crippen molar-refractivity contribution in [3.63, 3.8) is 0 Å². The highest BCUT2D eigenvalue weighted by Crippen LogP contribution is 2.41. The van der Waals surface area contributed by atoms with Gasteiger partial charge in [-0.25, -0.2) is 14.5 Å². The number of hydrogen-bond acceptors (Lipinski definition) is 5. The molecule has 0 bridgehead atoms. The van der Waals surface area contributed by atoms with Crippen molar-refractivity contribution in [3.8, 4) is 17.1 Å². The number of rotatable bonds is 9. The first-order valence-electron chi connectivity index (χ1n) is 16.0. The van der Waals surface area contributed by atoms with E-state index in [1.54, 1.807) is 4.68 Å². The monoisotopic (exact) mass is 575 g/mol. The van der Waals surface area contributed by atoms with Gasteiger partial charge in [-0.1, -0.05) is 43.3 Å². The quantitative estimate of drug-likeness (QED) is 0.220. The maximum Gasteiger partial charge on any atom is 0.339 e. The maximum absolute atomic E-state index is 11.7. The fourth-order valence-electron chi connectivity index (χ4n) is 7.24. The van der Waals surface area contributed by atoms with Gasteiger partial charge in [0.2, 0.25) is 0 Å². The Morgan fingerprint density at radius 3 is 2.58 bits per heavy atom. The summed E-state index contributed by atoms with van der Waals surface area (Å²) >= 11 is 0. The molecule has 2 aliphatic carbocycles. The Morgan fingerprint density at radius 1 is 1.02 bits per heavy atom. The number of piperidine rings is 1. The van der Waals surface area contributed by atoms with Gasteiger partial charge < -0.3 is 15.3 Å². The molecule has 1 saturated carbocycles. The molecule has 0 spiro atoms. The van der Waals surface area contributed by atoms with Crippen molar-refractivity contribution in [2.75, 3.05) is 25.0 Å². The molecule has 0 radical (unpaired) electrons. The highest BCUT2D eigenvalue weighted by Gasteiger charge is 2.29. The number of fused-ring (bicyclic) bond motifs is 1.